The summed E-state index contributed by atoms with van der Waals surface area (Å²) in [6.07, 6.45) is 2.50. The number of methoxy groups -OCH3 is 1. The van der Waals surface area contributed by atoms with Crippen molar-refractivity contribution in [3.63, 3.8) is 0 Å². The lowest BCUT2D eigenvalue weighted by molar-refractivity contribution is 0.414. The highest BCUT2D eigenvalue weighted by Crippen LogP contribution is 2.17. The zero-order chi connectivity index (χ0) is 15.2. The van der Waals surface area contributed by atoms with E-state index in [1.807, 2.05) is 31.2 Å². The molecule has 1 aromatic heterocycles. The first kappa shape index (κ1) is 15.6. The van der Waals surface area contributed by atoms with Crippen molar-refractivity contribution < 1.29 is 4.74 Å². The number of hydrogen-bond acceptors (Lipinski definition) is 4. The molecule has 21 heavy (non-hydrogen) atoms. The van der Waals surface area contributed by atoms with Crippen molar-refractivity contribution in [2.45, 2.75) is 19.9 Å². The second-order valence-corrected chi connectivity index (χ2v) is 5.31. The number of hydrogen-bond donors (Lipinski definition) is 1. The summed E-state index contributed by atoms with van der Waals surface area (Å²) >= 11 is 3.33. The highest BCUT2D eigenvalue weighted by molar-refractivity contribution is 9.10. The van der Waals surface area contributed by atoms with Crippen LogP contribution in [0.4, 0.5) is 5.69 Å². The lowest BCUT2D eigenvalue weighted by atomic mass is 10.1. The van der Waals surface area contributed by atoms with E-state index in [2.05, 4.69) is 26.3 Å². The van der Waals surface area contributed by atoms with Gasteiger partial charge in [0.2, 0.25) is 0 Å². The van der Waals surface area contributed by atoms with Gasteiger partial charge in [-0.25, -0.2) is 4.68 Å². The average molecular weight is 352 g/mol. The summed E-state index contributed by atoms with van der Waals surface area (Å²) in [6.45, 7) is 3.15. The molecular weight excluding hydrogens is 334 g/mol. The topological polar surface area (TPSA) is 56.1 Å². The normalized spacial score (nSPS) is 10.4. The van der Waals surface area contributed by atoms with Crippen LogP contribution in [-0.4, -0.2) is 23.4 Å². The molecule has 1 aromatic carbocycles. The number of nitrogens with zero attached hydrogens (tertiary/aromatic N) is 2. The molecule has 0 aliphatic heterocycles. The first-order valence-electron chi connectivity index (χ1n) is 6.78. The van der Waals surface area contributed by atoms with Crippen LogP contribution in [0.15, 0.2) is 39.7 Å². The van der Waals surface area contributed by atoms with E-state index in [1.54, 1.807) is 13.3 Å². The lowest BCUT2D eigenvalue weighted by Crippen LogP contribution is -2.23. The molecule has 0 spiro atoms. The van der Waals surface area contributed by atoms with Gasteiger partial charge in [0.15, 0.2) is 0 Å². The maximum absolute atomic E-state index is 11.9. The standard InChI is InChI=1S/C15H18BrN3O2/c1-3-19-15(20)14(16)13(10-18-19)17-8-7-11-5-4-6-12(9-11)21-2/h4-6,9-10,17H,3,7-8H2,1-2H3. The second-order valence-electron chi connectivity index (χ2n) is 4.52. The second kappa shape index (κ2) is 7.26. The number of ether oxygens (including phenoxy) is 1. The third kappa shape index (κ3) is 3.85. The van der Waals surface area contributed by atoms with Crippen molar-refractivity contribution in [1.82, 2.24) is 9.78 Å². The minimum Gasteiger partial charge on any atom is -0.497 e. The number of anilines is 1. The first-order valence-corrected chi connectivity index (χ1v) is 7.57. The lowest BCUT2D eigenvalue weighted by Gasteiger charge is -2.10. The van der Waals surface area contributed by atoms with E-state index < -0.39 is 0 Å². The summed E-state index contributed by atoms with van der Waals surface area (Å²) in [7, 11) is 1.66. The number of nitrogens with one attached hydrogen (secondary N) is 1. The van der Waals surface area contributed by atoms with Gasteiger partial charge in [-0.05, 0) is 47.0 Å². The maximum atomic E-state index is 11.9. The Morgan fingerprint density at radius 2 is 2.24 bits per heavy atom. The Morgan fingerprint density at radius 1 is 1.43 bits per heavy atom. The van der Waals surface area contributed by atoms with Crippen molar-refractivity contribution in [1.29, 1.82) is 0 Å². The molecule has 0 fully saturated rings. The van der Waals surface area contributed by atoms with Crippen LogP contribution in [0, 0.1) is 0 Å². The molecule has 2 aromatic rings. The summed E-state index contributed by atoms with van der Waals surface area (Å²) in [4.78, 5) is 11.9. The summed E-state index contributed by atoms with van der Waals surface area (Å²) in [5, 5.41) is 7.33. The van der Waals surface area contributed by atoms with Gasteiger partial charge in [-0.15, -0.1) is 0 Å². The van der Waals surface area contributed by atoms with E-state index in [-0.39, 0.29) is 5.56 Å². The smallest absolute Gasteiger partial charge is 0.283 e. The Balaban J connectivity index is 2.00. The van der Waals surface area contributed by atoms with Crippen molar-refractivity contribution >= 4 is 21.6 Å². The van der Waals surface area contributed by atoms with Gasteiger partial charge in [-0.2, -0.15) is 5.10 Å². The molecule has 0 saturated heterocycles. The van der Waals surface area contributed by atoms with Gasteiger partial charge < -0.3 is 10.1 Å². The summed E-state index contributed by atoms with van der Waals surface area (Å²) in [5.74, 6) is 0.848. The summed E-state index contributed by atoms with van der Waals surface area (Å²) in [5.41, 5.74) is 1.77. The average Bonchev–Trinajstić information content (AvgIpc) is 2.52. The Labute approximate surface area is 132 Å². The SMILES string of the molecule is CCn1ncc(NCCc2cccc(OC)c2)c(Br)c1=O. The van der Waals surface area contributed by atoms with Gasteiger partial charge in [-0.3, -0.25) is 4.79 Å². The van der Waals surface area contributed by atoms with E-state index in [4.69, 9.17) is 4.74 Å². The molecular formula is C15H18BrN3O2. The van der Waals surface area contributed by atoms with Crippen molar-refractivity contribution in [3.05, 3.63) is 50.9 Å². The van der Waals surface area contributed by atoms with Crippen LogP contribution in [0.25, 0.3) is 0 Å². The largest absolute Gasteiger partial charge is 0.497 e. The summed E-state index contributed by atoms with van der Waals surface area (Å²) < 4.78 is 7.13. The molecule has 0 atom stereocenters. The Bertz CT molecular complexity index is 670. The van der Waals surface area contributed by atoms with Crippen LogP contribution in [0.2, 0.25) is 0 Å². The molecule has 0 aliphatic rings. The van der Waals surface area contributed by atoms with Crippen LogP contribution < -0.4 is 15.6 Å². The monoisotopic (exact) mass is 351 g/mol. The molecule has 1 heterocycles. The predicted octanol–water partition coefficient (Wildman–Crippen LogP) is 2.69. The Hall–Kier alpha value is -1.82. The van der Waals surface area contributed by atoms with Crippen LogP contribution in [0.3, 0.4) is 0 Å². The van der Waals surface area contributed by atoms with Gasteiger partial charge in [0.25, 0.3) is 5.56 Å². The number of aromatic nitrogens is 2. The maximum Gasteiger partial charge on any atom is 0.283 e. The van der Waals surface area contributed by atoms with Crippen LogP contribution in [0.1, 0.15) is 12.5 Å². The molecule has 0 bridgehead atoms. The molecule has 1 N–H and O–H groups in total. The third-order valence-electron chi connectivity index (χ3n) is 3.15. The molecule has 5 nitrogen and oxygen atoms in total. The van der Waals surface area contributed by atoms with Crippen LogP contribution >= 0.6 is 15.9 Å². The quantitative estimate of drug-likeness (QED) is 0.869. The zero-order valence-corrected chi connectivity index (χ0v) is 13.7. The van der Waals surface area contributed by atoms with Gasteiger partial charge in [0.1, 0.15) is 10.2 Å². The van der Waals surface area contributed by atoms with Crippen LogP contribution in [-0.2, 0) is 13.0 Å². The van der Waals surface area contributed by atoms with Gasteiger partial charge >= 0.3 is 0 Å². The molecule has 0 unspecified atom stereocenters. The Morgan fingerprint density at radius 3 is 2.95 bits per heavy atom. The van der Waals surface area contributed by atoms with E-state index >= 15 is 0 Å². The minimum absolute atomic E-state index is 0.121. The van der Waals surface area contributed by atoms with Crippen molar-refractivity contribution in [3.8, 4) is 5.75 Å². The van der Waals surface area contributed by atoms with Gasteiger partial charge in [0, 0.05) is 13.1 Å². The van der Waals surface area contributed by atoms with Crippen LogP contribution in [0.5, 0.6) is 5.75 Å². The fourth-order valence-corrected chi connectivity index (χ4v) is 2.43. The molecule has 112 valence electrons. The molecule has 0 aliphatic carbocycles. The van der Waals surface area contributed by atoms with Gasteiger partial charge in [0.05, 0.1) is 19.0 Å². The number of benzene rings is 1. The first-order chi connectivity index (χ1) is 10.2. The Kier molecular flexibility index (Phi) is 5.38. The van der Waals surface area contributed by atoms with E-state index in [0.717, 1.165) is 12.2 Å². The fourth-order valence-electron chi connectivity index (χ4n) is 1.98. The van der Waals surface area contributed by atoms with E-state index in [0.29, 0.717) is 23.2 Å². The minimum atomic E-state index is -0.121. The predicted molar refractivity (Wildman–Crippen MR) is 87.1 cm³/mol. The number of aryl methyl sites for hydroxylation is 1. The van der Waals surface area contributed by atoms with Crippen molar-refractivity contribution in [2.24, 2.45) is 0 Å². The number of rotatable bonds is 6. The van der Waals surface area contributed by atoms with Crippen molar-refractivity contribution in [2.75, 3.05) is 19.0 Å². The highest BCUT2D eigenvalue weighted by atomic mass is 79.9. The van der Waals surface area contributed by atoms with E-state index in [1.165, 1.54) is 10.2 Å². The molecule has 0 saturated carbocycles. The zero-order valence-electron chi connectivity index (χ0n) is 12.1. The fraction of sp³-hybridized carbons (Fsp3) is 0.333. The molecule has 2 rings (SSSR count). The molecule has 0 radical (unpaired) electrons. The summed E-state index contributed by atoms with van der Waals surface area (Å²) in [6, 6.07) is 7.94. The third-order valence-corrected chi connectivity index (χ3v) is 3.91. The highest BCUT2D eigenvalue weighted by Gasteiger charge is 2.07. The number of halogens is 1. The molecule has 0 amide bonds. The molecule has 6 heteroatoms. The van der Waals surface area contributed by atoms with E-state index in [9.17, 15) is 4.79 Å². The van der Waals surface area contributed by atoms with Gasteiger partial charge in [-0.1, -0.05) is 12.1 Å².